The van der Waals surface area contributed by atoms with E-state index in [-0.39, 0.29) is 6.54 Å². The highest BCUT2D eigenvalue weighted by Crippen LogP contribution is 2.24. The average Bonchev–Trinajstić information content (AvgIpc) is 3.19. The average molecular weight is 406 g/mol. The van der Waals surface area contributed by atoms with E-state index in [1.807, 2.05) is 18.4 Å². The molecule has 4 aromatic rings. The molecule has 154 valence electrons. The van der Waals surface area contributed by atoms with E-state index < -0.39 is 17.2 Å². The maximum atomic E-state index is 13.2. The van der Waals surface area contributed by atoms with Gasteiger partial charge in [0.15, 0.2) is 11.2 Å². The summed E-state index contributed by atoms with van der Waals surface area (Å²) >= 11 is 0. The van der Waals surface area contributed by atoms with E-state index in [2.05, 4.69) is 11.6 Å². The second kappa shape index (κ2) is 6.58. The van der Waals surface area contributed by atoms with Crippen molar-refractivity contribution in [2.75, 3.05) is 0 Å². The van der Waals surface area contributed by atoms with Crippen LogP contribution in [0.15, 0.2) is 46.0 Å². The van der Waals surface area contributed by atoms with Gasteiger partial charge in [0.25, 0.3) is 5.56 Å². The summed E-state index contributed by atoms with van der Waals surface area (Å²) in [6.07, 6.45) is 0. The van der Waals surface area contributed by atoms with E-state index in [4.69, 9.17) is 5.73 Å². The molecule has 0 spiro atoms. The first-order valence-corrected chi connectivity index (χ1v) is 9.38. The Morgan fingerprint density at radius 3 is 2.33 bits per heavy atom. The monoisotopic (exact) mass is 406 g/mol. The number of aryl methyl sites for hydroxylation is 2. The van der Waals surface area contributed by atoms with Crippen molar-refractivity contribution in [3.05, 3.63) is 74.2 Å². The van der Waals surface area contributed by atoms with Crippen molar-refractivity contribution in [3.63, 3.8) is 0 Å². The van der Waals surface area contributed by atoms with E-state index in [0.29, 0.717) is 28.1 Å². The summed E-state index contributed by atoms with van der Waals surface area (Å²) in [5.74, 6) is -0.00119. The molecule has 1 aromatic carbocycles. The second-order valence-electron chi connectivity index (χ2n) is 7.53. The molecule has 9 heteroatoms. The molecule has 1 amide bonds. The van der Waals surface area contributed by atoms with Crippen molar-refractivity contribution in [2.24, 2.45) is 12.8 Å². The number of rotatable bonds is 4. The summed E-state index contributed by atoms with van der Waals surface area (Å²) in [6, 6.07) is 6.82. The third-order valence-electron chi connectivity index (χ3n) is 5.36. The molecule has 2 N–H and O–H groups in total. The molecule has 0 aliphatic heterocycles. The first-order valence-electron chi connectivity index (χ1n) is 9.38. The first kappa shape index (κ1) is 19.4. The number of aromatic nitrogens is 5. The van der Waals surface area contributed by atoms with Crippen LogP contribution in [0.4, 0.5) is 0 Å². The highest BCUT2D eigenvalue weighted by molar-refractivity contribution is 5.93. The molecule has 0 bridgehead atoms. The van der Waals surface area contributed by atoms with Crippen molar-refractivity contribution in [2.45, 2.75) is 27.3 Å². The molecular weight excluding hydrogens is 384 g/mol. The quantitative estimate of drug-likeness (QED) is 0.517. The molecule has 0 aliphatic rings. The van der Waals surface area contributed by atoms with Crippen molar-refractivity contribution >= 4 is 22.8 Å². The van der Waals surface area contributed by atoms with Crippen molar-refractivity contribution in [3.8, 4) is 5.69 Å². The minimum Gasteiger partial charge on any atom is -0.366 e. The molecule has 0 radical (unpaired) electrons. The van der Waals surface area contributed by atoms with Crippen LogP contribution < -0.4 is 17.0 Å². The van der Waals surface area contributed by atoms with E-state index in [9.17, 15) is 14.4 Å². The summed E-state index contributed by atoms with van der Waals surface area (Å²) in [7, 11) is 1.60. The molecule has 0 unspecified atom stereocenters. The molecule has 0 saturated heterocycles. The van der Waals surface area contributed by atoms with Crippen LogP contribution in [-0.2, 0) is 13.6 Å². The third-order valence-corrected chi connectivity index (χ3v) is 5.36. The van der Waals surface area contributed by atoms with Crippen LogP contribution in [0.5, 0.6) is 0 Å². The molecule has 0 fully saturated rings. The van der Waals surface area contributed by atoms with E-state index >= 15 is 0 Å². The maximum Gasteiger partial charge on any atom is 0.332 e. The fourth-order valence-electron chi connectivity index (χ4n) is 3.74. The highest BCUT2D eigenvalue weighted by Gasteiger charge is 2.23. The van der Waals surface area contributed by atoms with Crippen LogP contribution >= 0.6 is 0 Å². The van der Waals surface area contributed by atoms with Crippen LogP contribution in [0.1, 0.15) is 28.7 Å². The number of carbonyl (C=O) groups excluding carboxylic acids is 1. The number of amides is 1. The SMILES string of the molecule is C=C(C)Cn1c(=O)c2c(nc3n(-c4ccc(C(N)=O)cc4)c(C)c(C)n23)n(C)c1=O. The van der Waals surface area contributed by atoms with Crippen molar-refractivity contribution in [1.29, 1.82) is 0 Å². The summed E-state index contributed by atoms with van der Waals surface area (Å²) < 4.78 is 6.20. The summed E-state index contributed by atoms with van der Waals surface area (Å²) in [6.45, 7) is 9.55. The van der Waals surface area contributed by atoms with Gasteiger partial charge in [0.2, 0.25) is 11.7 Å². The number of benzene rings is 1. The number of nitrogens with two attached hydrogens (primary N) is 1. The van der Waals surface area contributed by atoms with Crippen molar-refractivity contribution in [1.82, 2.24) is 23.1 Å². The molecule has 9 nitrogen and oxygen atoms in total. The number of carbonyl (C=O) groups is 1. The van der Waals surface area contributed by atoms with Gasteiger partial charge in [0.05, 0.1) is 6.54 Å². The molecular formula is C21H22N6O3. The Morgan fingerprint density at radius 2 is 1.77 bits per heavy atom. The fourth-order valence-corrected chi connectivity index (χ4v) is 3.74. The Hall–Kier alpha value is -3.88. The molecule has 3 heterocycles. The van der Waals surface area contributed by atoms with Crippen LogP contribution in [-0.4, -0.2) is 29.0 Å². The number of hydrogen-bond donors (Lipinski definition) is 1. The van der Waals surface area contributed by atoms with Gasteiger partial charge in [-0.1, -0.05) is 12.2 Å². The molecule has 0 saturated carbocycles. The lowest BCUT2D eigenvalue weighted by Crippen LogP contribution is -2.39. The van der Waals surface area contributed by atoms with E-state index in [1.165, 1.54) is 9.13 Å². The van der Waals surface area contributed by atoms with Gasteiger partial charge in [-0.15, -0.1) is 0 Å². The minimum absolute atomic E-state index is 0.141. The number of hydrogen-bond acceptors (Lipinski definition) is 4. The summed E-state index contributed by atoms with van der Waals surface area (Å²) in [5.41, 5.74) is 8.70. The number of nitrogens with zero attached hydrogens (tertiary/aromatic N) is 5. The largest absolute Gasteiger partial charge is 0.366 e. The first-order chi connectivity index (χ1) is 14.1. The van der Waals surface area contributed by atoms with Gasteiger partial charge in [-0.3, -0.25) is 27.7 Å². The molecule has 0 atom stereocenters. The molecule has 3 aromatic heterocycles. The lowest BCUT2D eigenvalue weighted by Gasteiger charge is -2.08. The minimum atomic E-state index is -0.508. The zero-order valence-corrected chi connectivity index (χ0v) is 17.3. The van der Waals surface area contributed by atoms with Gasteiger partial charge in [-0.2, -0.15) is 4.98 Å². The lowest BCUT2D eigenvalue weighted by molar-refractivity contribution is 0.100. The smallest absolute Gasteiger partial charge is 0.332 e. The van der Waals surface area contributed by atoms with E-state index in [1.54, 1.807) is 42.6 Å². The summed E-state index contributed by atoms with van der Waals surface area (Å²) in [5, 5.41) is 0. The molecule has 4 rings (SSSR count). The number of imidazole rings is 2. The van der Waals surface area contributed by atoms with Gasteiger partial charge >= 0.3 is 5.69 Å². The number of primary amides is 1. The zero-order chi connectivity index (χ0) is 21.9. The van der Waals surface area contributed by atoms with Crippen LogP contribution in [0, 0.1) is 13.8 Å². The van der Waals surface area contributed by atoms with Gasteiger partial charge < -0.3 is 5.73 Å². The lowest BCUT2D eigenvalue weighted by atomic mass is 10.2. The highest BCUT2D eigenvalue weighted by atomic mass is 16.2. The van der Waals surface area contributed by atoms with Crippen molar-refractivity contribution < 1.29 is 4.79 Å². The van der Waals surface area contributed by atoms with Crippen LogP contribution in [0.25, 0.3) is 22.6 Å². The Bertz CT molecular complexity index is 1480. The third kappa shape index (κ3) is 2.62. The normalized spacial score (nSPS) is 11.5. The predicted molar refractivity (Wildman–Crippen MR) is 114 cm³/mol. The van der Waals surface area contributed by atoms with Gasteiger partial charge in [0.1, 0.15) is 0 Å². The van der Waals surface area contributed by atoms with Gasteiger partial charge in [0, 0.05) is 29.7 Å². The van der Waals surface area contributed by atoms with E-state index in [0.717, 1.165) is 17.1 Å². The maximum absolute atomic E-state index is 13.2. The van der Waals surface area contributed by atoms with Crippen LogP contribution in [0.3, 0.4) is 0 Å². The number of allylic oxidation sites excluding steroid dienone is 1. The Morgan fingerprint density at radius 1 is 1.13 bits per heavy atom. The Balaban J connectivity index is 2.11. The zero-order valence-electron chi connectivity index (χ0n) is 17.3. The Kier molecular flexibility index (Phi) is 4.26. The van der Waals surface area contributed by atoms with Gasteiger partial charge in [-0.05, 0) is 45.0 Å². The van der Waals surface area contributed by atoms with Crippen LogP contribution in [0.2, 0.25) is 0 Å². The topological polar surface area (TPSA) is 109 Å². The standard InChI is InChI=1S/C21H22N6O3/c1-11(2)10-25-19(29)16-18(24(5)21(25)30)23-20-26(12(3)13(4)27(16)20)15-8-6-14(7-9-15)17(22)28/h6-9H,1,10H2,2-5H3,(H2,22,28). The number of fused-ring (bicyclic) bond motifs is 3. The van der Waals surface area contributed by atoms with Gasteiger partial charge in [-0.25, -0.2) is 4.79 Å². The fraction of sp³-hybridized carbons (Fsp3) is 0.238. The second-order valence-corrected chi connectivity index (χ2v) is 7.53. The molecule has 30 heavy (non-hydrogen) atoms. The summed E-state index contributed by atoms with van der Waals surface area (Å²) in [4.78, 5) is 42.0. The predicted octanol–water partition coefficient (Wildman–Crippen LogP) is 1.43. The molecule has 0 aliphatic carbocycles. The Labute approximate surface area is 171 Å².